The summed E-state index contributed by atoms with van der Waals surface area (Å²) in [6.45, 7) is 4.57. The van der Waals surface area contributed by atoms with Crippen LogP contribution in [0, 0.1) is 0 Å². The van der Waals surface area contributed by atoms with Gasteiger partial charge in [-0.25, -0.2) is 9.13 Å². The Morgan fingerprint density at radius 2 is 0.573 bits per heavy atom. The summed E-state index contributed by atoms with van der Waals surface area (Å²) in [5.41, 5.74) is 0. The molecule has 5 unspecified atom stereocenters. The summed E-state index contributed by atoms with van der Waals surface area (Å²) in [5, 5.41) is 10.6. The molecular weight excluding hydrogens is 1260 g/mol. The molecule has 0 aromatic heterocycles. The molecule has 552 valence electrons. The average molecular weight is 1390 g/mol. The Kier molecular flexibility index (Phi) is 66.1. The smallest absolute Gasteiger partial charge is 0.462 e. The second-order valence-electron chi connectivity index (χ2n) is 24.5. The van der Waals surface area contributed by atoms with E-state index in [1.807, 2.05) is 18.2 Å². The highest BCUT2D eigenvalue weighted by molar-refractivity contribution is 7.47. The predicted octanol–water partition coefficient (Wildman–Crippen LogP) is 21.0. The highest BCUT2D eigenvalue weighted by Crippen LogP contribution is 2.45. The Hall–Kier alpha value is -4.28. The Labute approximate surface area is 581 Å². The quantitative estimate of drug-likeness (QED) is 0.0169. The van der Waals surface area contributed by atoms with Crippen LogP contribution in [-0.2, 0) is 65.4 Å². The number of esters is 4. The predicted molar refractivity (Wildman–Crippen MR) is 390 cm³/mol. The minimum atomic E-state index is -4.99. The average Bonchev–Trinajstić information content (AvgIpc) is 1.15. The van der Waals surface area contributed by atoms with E-state index in [2.05, 4.69) is 119 Å². The molecule has 0 aliphatic heterocycles. The highest BCUT2D eigenvalue weighted by atomic mass is 31.2. The zero-order valence-electron chi connectivity index (χ0n) is 60.0. The topological polar surface area (TPSA) is 237 Å². The van der Waals surface area contributed by atoms with Gasteiger partial charge in [0.05, 0.1) is 26.4 Å². The van der Waals surface area contributed by atoms with Crippen molar-refractivity contribution >= 4 is 39.5 Å². The Morgan fingerprint density at radius 3 is 0.958 bits per heavy atom. The van der Waals surface area contributed by atoms with Gasteiger partial charge in [0.1, 0.15) is 19.3 Å². The van der Waals surface area contributed by atoms with Crippen LogP contribution in [0.1, 0.15) is 297 Å². The molecule has 0 aromatic carbocycles. The van der Waals surface area contributed by atoms with E-state index in [0.717, 1.165) is 141 Å². The standard InChI is InChI=1S/C77H132O17P2/c1-5-9-13-17-21-25-29-31-33-34-35-36-38-40-44-46-50-54-58-62-75(80)88-68-73(94-77(82)64-60-56-52-48-42-28-24-20-16-12-8-4)70-92-96(85,86)90-66-71(78)65-89-95(83,84)91-69-72(93-76(81)63-59-55-51-47-41-27-23-19-15-11-7-3)67-87-74(79)61-57-53-49-45-43-39-37-32-30-26-22-18-14-10-6-2/h9,13,20-22,24-26,31-33,35-37,40,44,50,54,71-73,78H,5-8,10-12,14-19,23,27-30,34,38-39,41-43,45-49,51-53,55-70H2,1-4H3,(H,83,84)(H,85,86)/b13-9-,24-20-,25-21-,26-22-,33-31-,36-35-,37-32-,44-40-,54-50-. The fraction of sp³-hybridized carbons (Fsp3) is 0.714. The molecule has 0 radical (unpaired) electrons. The van der Waals surface area contributed by atoms with Crippen molar-refractivity contribution in [1.29, 1.82) is 0 Å². The van der Waals surface area contributed by atoms with E-state index in [1.165, 1.54) is 70.6 Å². The number of unbranched alkanes of at least 4 members (excludes halogenated alkanes) is 25. The second-order valence-corrected chi connectivity index (χ2v) is 27.4. The zero-order chi connectivity index (χ0) is 70.4. The summed E-state index contributed by atoms with van der Waals surface area (Å²) >= 11 is 0. The van der Waals surface area contributed by atoms with E-state index in [-0.39, 0.29) is 25.7 Å². The molecule has 3 N–H and O–H groups in total. The van der Waals surface area contributed by atoms with E-state index in [1.54, 1.807) is 0 Å². The minimum Gasteiger partial charge on any atom is -0.462 e. The number of carbonyl (C=O) groups excluding carboxylic acids is 4. The van der Waals surface area contributed by atoms with Crippen molar-refractivity contribution in [3.63, 3.8) is 0 Å². The van der Waals surface area contributed by atoms with Crippen molar-refractivity contribution in [2.45, 2.75) is 316 Å². The molecule has 0 fully saturated rings. The summed E-state index contributed by atoms with van der Waals surface area (Å²) in [6, 6.07) is 0. The molecule has 0 bridgehead atoms. The van der Waals surface area contributed by atoms with Crippen molar-refractivity contribution in [1.82, 2.24) is 0 Å². The van der Waals surface area contributed by atoms with Gasteiger partial charge in [0.25, 0.3) is 0 Å². The minimum absolute atomic E-state index is 0.0337. The number of aliphatic hydroxyl groups is 1. The van der Waals surface area contributed by atoms with Crippen LogP contribution in [0.15, 0.2) is 109 Å². The number of hydrogen-bond acceptors (Lipinski definition) is 15. The monoisotopic (exact) mass is 1390 g/mol. The first-order chi connectivity index (χ1) is 46.7. The number of hydrogen-bond donors (Lipinski definition) is 3. The molecule has 0 saturated heterocycles. The first kappa shape index (κ1) is 91.7. The number of aliphatic hydroxyl groups excluding tert-OH is 1. The third-order valence-electron chi connectivity index (χ3n) is 15.2. The molecule has 0 rings (SSSR count). The summed E-state index contributed by atoms with van der Waals surface area (Å²) in [6.07, 6.45) is 72.5. The van der Waals surface area contributed by atoms with Gasteiger partial charge in [0.15, 0.2) is 12.2 Å². The maximum absolute atomic E-state index is 13.0. The fourth-order valence-corrected chi connectivity index (χ4v) is 11.1. The third-order valence-corrected chi connectivity index (χ3v) is 17.1. The van der Waals surface area contributed by atoms with Crippen LogP contribution < -0.4 is 0 Å². The lowest BCUT2D eigenvalue weighted by Gasteiger charge is -2.21. The molecule has 0 aliphatic carbocycles. The van der Waals surface area contributed by atoms with Crippen LogP contribution in [0.2, 0.25) is 0 Å². The summed E-state index contributed by atoms with van der Waals surface area (Å²) in [5.74, 6) is -2.29. The van der Waals surface area contributed by atoms with Crippen LogP contribution in [0.4, 0.5) is 0 Å². The second kappa shape index (κ2) is 69.2. The molecule has 0 saturated carbocycles. The number of ether oxygens (including phenoxy) is 4. The molecule has 0 spiro atoms. The molecule has 17 nitrogen and oxygen atoms in total. The lowest BCUT2D eigenvalue weighted by atomic mass is 10.1. The van der Waals surface area contributed by atoms with Gasteiger partial charge in [0, 0.05) is 25.7 Å². The molecule has 0 aliphatic rings. The number of phosphoric acid groups is 2. The van der Waals surface area contributed by atoms with Crippen LogP contribution >= 0.6 is 15.6 Å². The summed E-state index contributed by atoms with van der Waals surface area (Å²) in [7, 11) is -9.96. The maximum Gasteiger partial charge on any atom is 0.472 e. The van der Waals surface area contributed by atoms with E-state index < -0.39 is 97.5 Å². The van der Waals surface area contributed by atoms with E-state index >= 15 is 0 Å². The molecule has 0 amide bonds. The van der Waals surface area contributed by atoms with E-state index in [4.69, 9.17) is 37.0 Å². The van der Waals surface area contributed by atoms with E-state index in [0.29, 0.717) is 32.1 Å². The summed E-state index contributed by atoms with van der Waals surface area (Å²) in [4.78, 5) is 72.6. The van der Waals surface area contributed by atoms with Gasteiger partial charge in [-0.1, -0.05) is 265 Å². The first-order valence-electron chi connectivity index (χ1n) is 37.1. The number of allylic oxidation sites excluding steroid dienone is 18. The van der Waals surface area contributed by atoms with Crippen molar-refractivity contribution in [3.8, 4) is 0 Å². The lowest BCUT2D eigenvalue weighted by Crippen LogP contribution is -2.30. The Bertz CT molecular complexity index is 2250. The molecule has 0 aromatic rings. The molecule has 96 heavy (non-hydrogen) atoms. The lowest BCUT2D eigenvalue weighted by molar-refractivity contribution is -0.161. The summed E-state index contributed by atoms with van der Waals surface area (Å²) < 4.78 is 68.2. The van der Waals surface area contributed by atoms with Gasteiger partial charge >= 0.3 is 39.5 Å². The Balaban J connectivity index is 5.36. The van der Waals surface area contributed by atoms with E-state index in [9.17, 15) is 43.2 Å². The number of rotatable bonds is 69. The third kappa shape index (κ3) is 68.3. The zero-order valence-corrected chi connectivity index (χ0v) is 61.8. The maximum atomic E-state index is 13.0. The van der Waals surface area contributed by atoms with Crippen molar-refractivity contribution in [2.75, 3.05) is 39.6 Å². The van der Waals surface area contributed by atoms with Crippen molar-refractivity contribution < 1.29 is 80.2 Å². The van der Waals surface area contributed by atoms with Gasteiger partial charge in [-0.15, -0.1) is 0 Å². The number of carbonyl (C=O) groups is 4. The normalized spacial score (nSPS) is 14.6. The van der Waals surface area contributed by atoms with Crippen LogP contribution in [0.3, 0.4) is 0 Å². The molecular formula is C77H132O17P2. The highest BCUT2D eigenvalue weighted by Gasteiger charge is 2.30. The van der Waals surface area contributed by atoms with Crippen LogP contribution in [0.5, 0.6) is 0 Å². The number of phosphoric ester groups is 2. The molecule has 19 heteroatoms. The molecule has 5 atom stereocenters. The SMILES string of the molecule is CC/C=C\C/C=C\C/C=C\C/C=C\C/C=C\C/C=C\CCC(=O)OCC(COP(=O)(O)OCC(O)COP(=O)(O)OCC(COC(=O)CCCCCCC/C=C\C/C=C\CCCCC)OC(=O)CCCCCCCCCCCCC)OC(=O)CCCCCCC/C=C\CCCC. The largest absolute Gasteiger partial charge is 0.472 e. The van der Waals surface area contributed by atoms with Crippen molar-refractivity contribution in [2.24, 2.45) is 0 Å². The van der Waals surface area contributed by atoms with Crippen LogP contribution in [-0.4, -0.2) is 96.7 Å². The van der Waals surface area contributed by atoms with Crippen molar-refractivity contribution in [3.05, 3.63) is 109 Å². The van der Waals surface area contributed by atoms with Gasteiger partial charge in [-0.2, -0.15) is 0 Å². The fourth-order valence-electron chi connectivity index (χ4n) is 9.55. The van der Waals surface area contributed by atoms with Gasteiger partial charge in [-0.05, 0) is 116 Å². The van der Waals surface area contributed by atoms with Gasteiger partial charge in [-0.3, -0.25) is 37.3 Å². The Morgan fingerprint density at radius 1 is 0.302 bits per heavy atom. The van der Waals surface area contributed by atoms with Crippen LogP contribution in [0.25, 0.3) is 0 Å². The first-order valence-corrected chi connectivity index (χ1v) is 40.1. The molecule has 0 heterocycles. The van der Waals surface area contributed by atoms with Gasteiger partial charge in [0.2, 0.25) is 0 Å². The van der Waals surface area contributed by atoms with Gasteiger partial charge < -0.3 is 33.8 Å².